The van der Waals surface area contributed by atoms with Crippen molar-refractivity contribution in [3.8, 4) is 0 Å². The lowest BCUT2D eigenvalue weighted by Gasteiger charge is -2.21. The summed E-state index contributed by atoms with van der Waals surface area (Å²) in [5, 5.41) is 10.7. The van der Waals surface area contributed by atoms with Gasteiger partial charge in [0, 0.05) is 25.7 Å². The van der Waals surface area contributed by atoms with Crippen LogP contribution >= 0.6 is 15.6 Å². The van der Waals surface area contributed by atoms with Gasteiger partial charge in [-0.15, -0.1) is 0 Å². The standard InChI is InChI=1S/C85H166O17P2/c1-8-9-10-11-12-13-14-15-16-17-18-19-27-32-39-47-54-61-68-84(89)101-80(72-95-82(87)66-59-52-45-38-31-26-22-20-24-29-35-42-49-56-63-76(2)3)74-99-103(91,92)97-70-79(86)71-98-104(93,94)100-75-81(73-96-83(88)67-60-53-46-41-34-37-44-51-58-65-78(6)7)102-85(90)69-62-55-48-40-33-28-23-21-25-30-36-43-50-57-64-77(4)5/h76-81,86H,8-75H2,1-7H3,(H,91,92)(H,93,94)/t79-,80-,81-/m1/s1. The molecule has 2 unspecified atom stereocenters. The predicted molar refractivity (Wildman–Crippen MR) is 428 cm³/mol. The SMILES string of the molecule is CCCCCCCCCCCCCCCCCCCCC(=O)O[C@H](COC(=O)CCCCCCCCCCCCCCCCC(C)C)COP(=O)(O)OC[C@@H](O)COP(=O)(O)OC[C@@H](COC(=O)CCCCCCCCCCCC(C)C)OC(=O)CCCCCCCCCCCCCCCCC(C)C. The number of phosphoric ester groups is 2. The Morgan fingerprint density at radius 3 is 0.654 bits per heavy atom. The summed E-state index contributed by atoms with van der Waals surface area (Å²) in [5.41, 5.74) is 0. The Labute approximate surface area is 638 Å². The average Bonchev–Trinajstić information content (AvgIpc) is 0.942. The second-order valence-electron chi connectivity index (χ2n) is 32.0. The predicted octanol–water partition coefficient (Wildman–Crippen LogP) is 25.7. The molecule has 0 aliphatic carbocycles. The fraction of sp³-hybridized carbons (Fsp3) is 0.953. The van der Waals surface area contributed by atoms with Crippen molar-refractivity contribution in [3.63, 3.8) is 0 Å². The van der Waals surface area contributed by atoms with Crippen molar-refractivity contribution in [2.75, 3.05) is 39.6 Å². The molecule has 17 nitrogen and oxygen atoms in total. The minimum absolute atomic E-state index is 0.107. The smallest absolute Gasteiger partial charge is 0.462 e. The number of phosphoric acid groups is 2. The average molecular weight is 1520 g/mol. The largest absolute Gasteiger partial charge is 0.472 e. The molecule has 5 atom stereocenters. The van der Waals surface area contributed by atoms with Crippen molar-refractivity contribution in [2.45, 2.75) is 465 Å². The Morgan fingerprint density at radius 2 is 0.442 bits per heavy atom. The molecule has 0 saturated heterocycles. The van der Waals surface area contributed by atoms with E-state index in [1.165, 1.54) is 257 Å². The quantitative estimate of drug-likeness (QED) is 0.0222. The molecule has 0 amide bonds. The van der Waals surface area contributed by atoms with Gasteiger partial charge in [0.2, 0.25) is 0 Å². The summed E-state index contributed by atoms with van der Waals surface area (Å²) in [4.78, 5) is 73.2. The van der Waals surface area contributed by atoms with Crippen molar-refractivity contribution < 1.29 is 80.2 Å². The Kier molecular flexibility index (Phi) is 73.7. The molecule has 0 aliphatic heterocycles. The van der Waals surface area contributed by atoms with Crippen LogP contribution in [0.3, 0.4) is 0 Å². The summed E-state index contributed by atoms with van der Waals surface area (Å²) in [7, 11) is -9.93. The molecule has 0 aliphatic rings. The summed E-state index contributed by atoms with van der Waals surface area (Å²) in [6.45, 7) is 12.0. The van der Waals surface area contributed by atoms with E-state index in [1.807, 2.05) is 0 Å². The van der Waals surface area contributed by atoms with Crippen LogP contribution in [0.4, 0.5) is 0 Å². The van der Waals surface area contributed by atoms with E-state index in [9.17, 15) is 43.2 Å². The Hall–Kier alpha value is -1.94. The minimum Gasteiger partial charge on any atom is -0.462 e. The van der Waals surface area contributed by atoms with E-state index in [-0.39, 0.29) is 25.7 Å². The van der Waals surface area contributed by atoms with E-state index in [0.29, 0.717) is 25.7 Å². The first-order chi connectivity index (χ1) is 50.2. The van der Waals surface area contributed by atoms with E-state index in [1.54, 1.807) is 0 Å². The Morgan fingerprint density at radius 1 is 0.260 bits per heavy atom. The third-order valence-corrected chi connectivity index (χ3v) is 21.8. The van der Waals surface area contributed by atoms with Gasteiger partial charge in [0.25, 0.3) is 0 Å². The van der Waals surface area contributed by atoms with Gasteiger partial charge < -0.3 is 33.8 Å². The molecule has 0 bridgehead atoms. The highest BCUT2D eigenvalue weighted by Gasteiger charge is 2.30. The van der Waals surface area contributed by atoms with Crippen LogP contribution in [0.5, 0.6) is 0 Å². The van der Waals surface area contributed by atoms with Gasteiger partial charge >= 0.3 is 39.5 Å². The highest BCUT2D eigenvalue weighted by Crippen LogP contribution is 2.45. The van der Waals surface area contributed by atoms with Crippen molar-refractivity contribution >= 4 is 39.5 Å². The molecule has 19 heteroatoms. The number of esters is 4. The zero-order chi connectivity index (χ0) is 76.5. The molecule has 0 aromatic heterocycles. The van der Waals surface area contributed by atoms with Gasteiger partial charge in [0.1, 0.15) is 19.3 Å². The van der Waals surface area contributed by atoms with Crippen molar-refractivity contribution in [2.24, 2.45) is 17.8 Å². The molecule has 3 N–H and O–H groups in total. The first-order valence-electron chi connectivity index (χ1n) is 43.8. The van der Waals surface area contributed by atoms with Gasteiger partial charge in [-0.2, -0.15) is 0 Å². The van der Waals surface area contributed by atoms with Crippen LogP contribution in [-0.4, -0.2) is 96.7 Å². The van der Waals surface area contributed by atoms with Gasteiger partial charge in [0.05, 0.1) is 26.4 Å². The maximum Gasteiger partial charge on any atom is 0.472 e. The number of aliphatic hydroxyl groups excluding tert-OH is 1. The number of hydrogen-bond acceptors (Lipinski definition) is 15. The molecule has 104 heavy (non-hydrogen) atoms. The number of aliphatic hydroxyl groups is 1. The number of unbranched alkanes of at least 4 members (excludes halogenated alkanes) is 51. The summed E-state index contributed by atoms with van der Waals surface area (Å²) in [6, 6.07) is 0. The van der Waals surface area contributed by atoms with Crippen LogP contribution < -0.4 is 0 Å². The maximum atomic E-state index is 13.1. The van der Waals surface area contributed by atoms with Crippen LogP contribution in [0.15, 0.2) is 0 Å². The number of ether oxygens (including phenoxy) is 4. The summed E-state index contributed by atoms with van der Waals surface area (Å²) in [6.07, 6.45) is 65.2. The summed E-state index contributed by atoms with van der Waals surface area (Å²) < 4.78 is 68.9. The Bertz CT molecular complexity index is 2010. The molecule has 0 saturated carbocycles. The molecule has 0 rings (SSSR count). The summed E-state index contributed by atoms with van der Waals surface area (Å²) >= 11 is 0. The lowest BCUT2D eigenvalue weighted by molar-refractivity contribution is -0.161. The topological polar surface area (TPSA) is 237 Å². The lowest BCUT2D eigenvalue weighted by atomic mass is 10.0. The zero-order valence-electron chi connectivity index (χ0n) is 68.5. The molecule has 0 radical (unpaired) electrons. The van der Waals surface area contributed by atoms with E-state index < -0.39 is 97.5 Å². The molecular formula is C85H166O17P2. The van der Waals surface area contributed by atoms with E-state index in [2.05, 4.69) is 48.5 Å². The first-order valence-corrected chi connectivity index (χ1v) is 46.8. The number of rotatable bonds is 83. The number of carbonyl (C=O) groups excluding carboxylic acids is 4. The van der Waals surface area contributed by atoms with Crippen molar-refractivity contribution in [1.82, 2.24) is 0 Å². The molecule has 0 aromatic rings. The van der Waals surface area contributed by atoms with Gasteiger partial charge in [-0.05, 0) is 43.4 Å². The second-order valence-corrected chi connectivity index (χ2v) is 34.9. The molecule has 0 spiro atoms. The van der Waals surface area contributed by atoms with Gasteiger partial charge in [-0.3, -0.25) is 37.3 Å². The fourth-order valence-electron chi connectivity index (χ4n) is 13.2. The molecular weight excluding hydrogens is 1350 g/mol. The third-order valence-electron chi connectivity index (χ3n) is 19.9. The Balaban J connectivity index is 5.26. The van der Waals surface area contributed by atoms with Crippen molar-refractivity contribution in [1.29, 1.82) is 0 Å². The van der Waals surface area contributed by atoms with Gasteiger partial charge in [-0.25, -0.2) is 9.13 Å². The third kappa shape index (κ3) is 78.2. The van der Waals surface area contributed by atoms with Gasteiger partial charge in [0.15, 0.2) is 12.2 Å². The van der Waals surface area contributed by atoms with E-state index >= 15 is 0 Å². The normalized spacial score (nSPS) is 13.9. The highest BCUT2D eigenvalue weighted by molar-refractivity contribution is 7.47. The maximum absolute atomic E-state index is 13.1. The van der Waals surface area contributed by atoms with Crippen LogP contribution in [-0.2, 0) is 65.4 Å². The fourth-order valence-corrected chi connectivity index (χ4v) is 14.8. The highest BCUT2D eigenvalue weighted by atomic mass is 31.2. The molecule has 0 aromatic carbocycles. The zero-order valence-corrected chi connectivity index (χ0v) is 70.3. The van der Waals surface area contributed by atoms with E-state index in [0.717, 1.165) is 108 Å². The van der Waals surface area contributed by atoms with Crippen LogP contribution in [0.1, 0.15) is 447 Å². The van der Waals surface area contributed by atoms with Crippen LogP contribution in [0.2, 0.25) is 0 Å². The monoisotopic (exact) mass is 1520 g/mol. The minimum atomic E-state index is -4.97. The van der Waals surface area contributed by atoms with Crippen LogP contribution in [0.25, 0.3) is 0 Å². The molecule has 0 fully saturated rings. The second kappa shape index (κ2) is 75.1. The van der Waals surface area contributed by atoms with Gasteiger partial charge in [-0.1, -0.05) is 395 Å². The molecule has 618 valence electrons. The van der Waals surface area contributed by atoms with E-state index in [4.69, 9.17) is 37.0 Å². The number of carbonyl (C=O) groups is 4. The first kappa shape index (κ1) is 102. The lowest BCUT2D eigenvalue weighted by Crippen LogP contribution is -2.30. The van der Waals surface area contributed by atoms with Crippen LogP contribution in [0, 0.1) is 17.8 Å². The van der Waals surface area contributed by atoms with Crippen molar-refractivity contribution in [3.05, 3.63) is 0 Å². The number of hydrogen-bond donors (Lipinski definition) is 3. The molecule has 0 heterocycles. The summed E-state index contributed by atoms with van der Waals surface area (Å²) in [5.74, 6) is 0.234.